The number of ether oxygens (including phenoxy) is 1. The van der Waals surface area contributed by atoms with Gasteiger partial charge in [-0.2, -0.15) is 0 Å². The molecule has 0 radical (unpaired) electrons. The Balaban J connectivity index is 2.31. The zero-order valence-corrected chi connectivity index (χ0v) is 10.7. The van der Waals surface area contributed by atoms with Crippen LogP contribution in [0.1, 0.15) is 26.2 Å². The Labute approximate surface area is 103 Å². The van der Waals surface area contributed by atoms with E-state index in [0.29, 0.717) is 13.0 Å². The molecule has 0 heterocycles. The second kappa shape index (κ2) is 6.63. The number of carbonyl (C=O) groups excluding carboxylic acids is 1. The number of carbonyl (C=O) groups is 1. The van der Waals surface area contributed by atoms with E-state index < -0.39 is 0 Å². The summed E-state index contributed by atoms with van der Waals surface area (Å²) in [7, 11) is 0. The minimum Gasteiger partial charge on any atom is -0.490 e. The smallest absolute Gasteiger partial charge is 0.165 e. The predicted molar refractivity (Wildman–Crippen MR) is 64.1 cm³/mol. The van der Waals surface area contributed by atoms with Crippen LogP contribution in [0, 0.1) is 5.82 Å². The van der Waals surface area contributed by atoms with Crippen LogP contribution < -0.4 is 4.74 Å². The molecule has 0 N–H and O–H groups in total. The SMILES string of the molecule is CC(=O)CCCCOc1cc(Br)ccc1F. The molecule has 1 rings (SSSR count). The molecule has 0 aliphatic rings. The Morgan fingerprint density at radius 2 is 2.19 bits per heavy atom. The van der Waals surface area contributed by atoms with Crippen molar-refractivity contribution < 1.29 is 13.9 Å². The molecule has 0 aromatic heterocycles. The molecule has 0 saturated heterocycles. The Bertz CT molecular complexity index is 366. The molecule has 0 fully saturated rings. The number of unbranched alkanes of at least 4 members (excludes halogenated alkanes) is 1. The number of Topliss-reactive ketones (excluding diaryl/α,β-unsaturated/α-hetero) is 1. The van der Waals surface area contributed by atoms with Crippen LogP contribution in [0.25, 0.3) is 0 Å². The first-order chi connectivity index (χ1) is 7.59. The molecular formula is C12H14BrFO2. The zero-order valence-electron chi connectivity index (χ0n) is 9.13. The van der Waals surface area contributed by atoms with Crippen molar-refractivity contribution in [1.29, 1.82) is 0 Å². The molecule has 0 aliphatic carbocycles. The van der Waals surface area contributed by atoms with Crippen molar-refractivity contribution in [2.45, 2.75) is 26.2 Å². The van der Waals surface area contributed by atoms with E-state index in [1.54, 1.807) is 19.1 Å². The van der Waals surface area contributed by atoms with Crippen molar-refractivity contribution in [3.63, 3.8) is 0 Å². The van der Waals surface area contributed by atoms with Gasteiger partial charge in [-0.25, -0.2) is 4.39 Å². The Hall–Kier alpha value is -0.900. The highest BCUT2D eigenvalue weighted by Crippen LogP contribution is 2.22. The van der Waals surface area contributed by atoms with Gasteiger partial charge in [-0.3, -0.25) is 0 Å². The van der Waals surface area contributed by atoms with Gasteiger partial charge in [0.05, 0.1) is 6.61 Å². The first-order valence-electron chi connectivity index (χ1n) is 5.17. The van der Waals surface area contributed by atoms with Crippen LogP contribution in [0.2, 0.25) is 0 Å². The number of hydrogen-bond donors (Lipinski definition) is 0. The van der Waals surface area contributed by atoms with Crippen molar-refractivity contribution in [2.24, 2.45) is 0 Å². The van der Waals surface area contributed by atoms with Crippen LogP contribution in [-0.2, 0) is 4.79 Å². The maximum Gasteiger partial charge on any atom is 0.165 e. The van der Waals surface area contributed by atoms with E-state index in [2.05, 4.69) is 15.9 Å². The fraction of sp³-hybridized carbons (Fsp3) is 0.417. The molecule has 0 saturated carbocycles. The lowest BCUT2D eigenvalue weighted by molar-refractivity contribution is -0.117. The van der Waals surface area contributed by atoms with Gasteiger partial charge in [0.2, 0.25) is 0 Å². The highest BCUT2D eigenvalue weighted by molar-refractivity contribution is 9.10. The minimum absolute atomic E-state index is 0.175. The molecule has 0 unspecified atom stereocenters. The minimum atomic E-state index is -0.366. The van der Waals surface area contributed by atoms with Crippen molar-refractivity contribution in [1.82, 2.24) is 0 Å². The van der Waals surface area contributed by atoms with Crippen molar-refractivity contribution in [2.75, 3.05) is 6.61 Å². The summed E-state index contributed by atoms with van der Waals surface area (Å²) in [5, 5.41) is 0. The van der Waals surface area contributed by atoms with Gasteiger partial charge in [-0.15, -0.1) is 0 Å². The molecule has 4 heteroatoms. The van der Waals surface area contributed by atoms with Crippen molar-refractivity contribution >= 4 is 21.7 Å². The molecule has 0 spiro atoms. The van der Waals surface area contributed by atoms with E-state index in [1.165, 1.54) is 6.07 Å². The molecule has 2 nitrogen and oxygen atoms in total. The standard InChI is InChI=1S/C12H14BrFO2/c1-9(15)4-2-3-7-16-12-8-10(13)5-6-11(12)14/h5-6,8H,2-4,7H2,1H3. The number of halogens is 2. The highest BCUT2D eigenvalue weighted by atomic mass is 79.9. The first kappa shape index (κ1) is 13.2. The molecule has 88 valence electrons. The van der Waals surface area contributed by atoms with Gasteiger partial charge < -0.3 is 9.53 Å². The third-order valence-corrected chi connectivity index (χ3v) is 2.57. The maximum absolute atomic E-state index is 13.2. The summed E-state index contributed by atoms with van der Waals surface area (Å²) < 4.78 is 19.3. The highest BCUT2D eigenvalue weighted by Gasteiger charge is 2.03. The quantitative estimate of drug-likeness (QED) is 0.746. The summed E-state index contributed by atoms with van der Waals surface area (Å²) in [6.07, 6.45) is 2.10. The lowest BCUT2D eigenvalue weighted by atomic mass is 10.2. The topological polar surface area (TPSA) is 26.3 Å². The van der Waals surface area contributed by atoms with Gasteiger partial charge in [0.25, 0.3) is 0 Å². The molecule has 0 amide bonds. The van der Waals surface area contributed by atoms with Crippen LogP contribution >= 0.6 is 15.9 Å². The monoisotopic (exact) mass is 288 g/mol. The molecular weight excluding hydrogens is 275 g/mol. The first-order valence-corrected chi connectivity index (χ1v) is 5.96. The van der Waals surface area contributed by atoms with Gasteiger partial charge >= 0.3 is 0 Å². The van der Waals surface area contributed by atoms with Gasteiger partial charge in [-0.1, -0.05) is 15.9 Å². The second-order valence-corrected chi connectivity index (χ2v) is 4.50. The lowest BCUT2D eigenvalue weighted by Crippen LogP contribution is -2.00. The van der Waals surface area contributed by atoms with E-state index in [-0.39, 0.29) is 17.3 Å². The maximum atomic E-state index is 13.2. The van der Waals surface area contributed by atoms with E-state index in [4.69, 9.17) is 4.74 Å². The normalized spacial score (nSPS) is 10.2. The summed E-state index contributed by atoms with van der Waals surface area (Å²) in [4.78, 5) is 10.7. The number of hydrogen-bond acceptors (Lipinski definition) is 2. The largest absolute Gasteiger partial charge is 0.490 e. The molecule has 0 atom stereocenters. The summed E-state index contributed by atoms with van der Waals surface area (Å²) in [6.45, 7) is 2.00. The Morgan fingerprint density at radius 3 is 2.88 bits per heavy atom. The molecule has 16 heavy (non-hydrogen) atoms. The summed E-state index contributed by atoms with van der Waals surface area (Å²) >= 11 is 3.25. The van der Waals surface area contributed by atoms with E-state index in [9.17, 15) is 9.18 Å². The molecule has 1 aromatic carbocycles. The fourth-order valence-electron chi connectivity index (χ4n) is 1.25. The van der Waals surface area contributed by atoms with Crippen molar-refractivity contribution in [3.05, 3.63) is 28.5 Å². The molecule has 0 aliphatic heterocycles. The van der Waals surface area contributed by atoms with Gasteiger partial charge in [0, 0.05) is 10.9 Å². The predicted octanol–water partition coefficient (Wildman–Crippen LogP) is 3.73. The van der Waals surface area contributed by atoms with Crippen LogP contribution in [-0.4, -0.2) is 12.4 Å². The second-order valence-electron chi connectivity index (χ2n) is 3.58. The third kappa shape index (κ3) is 4.75. The summed E-state index contributed by atoms with van der Waals surface area (Å²) in [6, 6.07) is 4.58. The van der Waals surface area contributed by atoms with Crippen LogP contribution in [0.5, 0.6) is 5.75 Å². The summed E-state index contributed by atoms with van der Waals surface area (Å²) in [5.74, 6) is 0.0561. The molecule has 0 bridgehead atoms. The van der Waals surface area contributed by atoms with Gasteiger partial charge in [-0.05, 0) is 38.0 Å². The number of rotatable bonds is 6. The third-order valence-electron chi connectivity index (χ3n) is 2.07. The summed E-state index contributed by atoms with van der Waals surface area (Å²) in [5.41, 5.74) is 0. The average Bonchev–Trinajstić information content (AvgIpc) is 2.22. The number of ketones is 1. The number of benzene rings is 1. The van der Waals surface area contributed by atoms with Gasteiger partial charge in [0.1, 0.15) is 5.78 Å². The van der Waals surface area contributed by atoms with E-state index in [0.717, 1.165) is 17.3 Å². The zero-order chi connectivity index (χ0) is 12.0. The average molecular weight is 289 g/mol. The van der Waals surface area contributed by atoms with Crippen LogP contribution in [0.3, 0.4) is 0 Å². The van der Waals surface area contributed by atoms with Crippen LogP contribution in [0.4, 0.5) is 4.39 Å². The Kier molecular flexibility index (Phi) is 5.46. The van der Waals surface area contributed by atoms with Gasteiger partial charge in [0.15, 0.2) is 11.6 Å². The van der Waals surface area contributed by atoms with E-state index in [1.807, 2.05) is 0 Å². The Morgan fingerprint density at radius 1 is 1.44 bits per heavy atom. The van der Waals surface area contributed by atoms with Crippen LogP contribution in [0.15, 0.2) is 22.7 Å². The lowest BCUT2D eigenvalue weighted by Gasteiger charge is -2.07. The fourth-order valence-corrected chi connectivity index (χ4v) is 1.59. The molecule has 1 aromatic rings. The van der Waals surface area contributed by atoms with E-state index >= 15 is 0 Å². The van der Waals surface area contributed by atoms with Crippen molar-refractivity contribution in [3.8, 4) is 5.75 Å².